The van der Waals surface area contributed by atoms with E-state index in [0.29, 0.717) is 6.54 Å². The fraction of sp³-hybridized carbons (Fsp3) is 0.105. The first-order valence-electron chi connectivity index (χ1n) is 7.91. The van der Waals surface area contributed by atoms with E-state index in [0.717, 1.165) is 23.3 Å². The fourth-order valence-corrected chi connectivity index (χ4v) is 2.32. The van der Waals surface area contributed by atoms with Gasteiger partial charge in [0, 0.05) is 12.6 Å². The van der Waals surface area contributed by atoms with Crippen molar-refractivity contribution >= 4 is 17.4 Å². The minimum Gasteiger partial charge on any atom is -0.347 e. The van der Waals surface area contributed by atoms with Crippen LogP contribution in [0.25, 0.3) is 0 Å². The van der Waals surface area contributed by atoms with Gasteiger partial charge in [0.1, 0.15) is 11.6 Å². The van der Waals surface area contributed by atoms with Crippen molar-refractivity contribution in [1.82, 2.24) is 15.5 Å². The molecule has 1 amide bonds. The van der Waals surface area contributed by atoms with Crippen molar-refractivity contribution < 1.29 is 13.6 Å². The molecule has 0 aliphatic rings. The summed E-state index contributed by atoms with van der Waals surface area (Å²) in [4.78, 5) is 12.2. The molecule has 0 fully saturated rings. The number of halogens is 2. The summed E-state index contributed by atoms with van der Waals surface area (Å²) in [7, 11) is 0. The molecule has 0 radical (unpaired) electrons. The fourth-order valence-electron chi connectivity index (χ4n) is 2.32. The zero-order valence-corrected chi connectivity index (χ0v) is 14.0. The van der Waals surface area contributed by atoms with Gasteiger partial charge in [-0.15, -0.1) is 10.2 Å². The van der Waals surface area contributed by atoms with Gasteiger partial charge in [0.25, 0.3) is 5.91 Å². The van der Waals surface area contributed by atoms with Gasteiger partial charge in [-0.05, 0) is 42.3 Å². The van der Waals surface area contributed by atoms with Crippen LogP contribution in [0.15, 0.2) is 54.6 Å². The smallest absolute Gasteiger partial charge is 0.272 e. The summed E-state index contributed by atoms with van der Waals surface area (Å²) in [6.45, 7) is 2.35. The quantitative estimate of drug-likeness (QED) is 0.733. The van der Waals surface area contributed by atoms with Crippen LogP contribution in [0.1, 0.15) is 21.6 Å². The van der Waals surface area contributed by atoms with E-state index < -0.39 is 11.6 Å². The minimum atomic E-state index is -0.744. The second-order valence-electron chi connectivity index (χ2n) is 5.66. The van der Waals surface area contributed by atoms with Crippen LogP contribution in [-0.4, -0.2) is 16.1 Å². The lowest BCUT2D eigenvalue weighted by atomic mass is 10.1. The highest BCUT2D eigenvalue weighted by atomic mass is 19.1. The van der Waals surface area contributed by atoms with Crippen LogP contribution in [0.5, 0.6) is 0 Å². The molecule has 0 atom stereocenters. The summed E-state index contributed by atoms with van der Waals surface area (Å²) < 4.78 is 26.5. The van der Waals surface area contributed by atoms with E-state index >= 15 is 0 Å². The Kier molecular flexibility index (Phi) is 5.17. The minimum absolute atomic E-state index is 0.0671. The highest BCUT2D eigenvalue weighted by Gasteiger charge is 2.10. The third-order valence-corrected chi connectivity index (χ3v) is 3.79. The van der Waals surface area contributed by atoms with Gasteiger partial charge < -0.3 is 10.6 Å². The van der Waals surface area contributed by atoms with Crippen molar-refractivity contribution in [3.63, 3.8) is 0 Å². The molecule has 1 heterocycles. The number of rotatable bonds is 5. The molecule has 0 aliphatic heterocycles. The molecule has 132 valence electrons. The largest absolute Gasteiger partial charge is 0.347 e. The SMILES string of the molecule is Cc1ccccc1CNC(=O)c1ccc(Nc2ccc(F)cc2F)nn1. The number of aryl methyl sites for hydroxylation is 1. The summed E-state index contributed by atoms with van der Waals surface area (Å²) in [5.74, 6) is -1.53. The van der Waals surface area contributed by atoms with Crippen LogP contribution < -0.4 is 10.6 Å². The lowest BCUT2D eigenvalue weighted by Crippen LogP contribution is -2.24. The molecule has 26 heavy (non-hydrogen) atoms. The molecule has 3 aromatic rings. The summed E-state index contributed by atoms with van der Waals surface area (Å²) in [6, 6.07) is 13.9. The predicted molar refractivity (Wildman–Crippen MR) is 94.0 cm³/mol. The lowest BCUT2D eigenvalue weighted by molar-refractivity contribution is 0.0945. The van der Waals surface area contributed by atoms with E-state index in [9.17, 15) is 13.6 Å². The average molecular weight is 354 g/mol. The molecule has 0 aliphatic carbocycles. The zero-order chi connectivity index (χ0) is 18.5. The van der Waals surface area contributed by atoms with Gasteiger partial charge in [-0.3, -0.25) is 4.79 Å². The number of aromatic nitrogens is 2. The summed E-state index contributed by atoms with van der Waals surface area (Å²) in [6.07, 6.45) is 0. The Morgan fingerprint density at radius 1 is 1.04 bits per heavy atom. The number of nitrogens with one attached hydrogen (secondary N) is 2. The molecule has 5 nitrogen and oxygen atoms in total. The number of amides is 1. The zero-order valence-electron chi connectivity index (χ0n) is 14.0. The maximum Gasteiger partial charge on any atom is 0.272 e. The molecule has 0 saturated heterocycles. The van der Waals surface area contributed by atoms with Crippen molar-refractivity contribution in [3.05, 3.63) is 83.1 Å². The molecule has 3 rings (SSSR count). The monoisotopic (exact) mass is 354 g/mol. The highest BCUT2D eigenvalue weighted by Crippen LogP contribution is 2.19. The highest BCUT2D eigenvalue weighted by molar-refractivity contribution is 5.92. The van der Waals surface area contributed by atoms with Crippen molar-refractivity contribution in [2.75, 3.05) is 5.32 Å². The van der Waals surface area contributed by atoms with Gasteiger partial charge in [0.05, 0.1) is 5.69 Å². The Morgan fingerprint density at radius 3 is 2.54 bits per heavy atom. The summed E-state index contributed by atoms with van der Waals surface area (Å²) in [5.41, 5.74) is 2.31. The number of benzene rings is 2. The maximum absolute atomic E-state index is 13.6. The first-order chi connectivity index (χ1) is 12.5. The second-order valence-corrected chi connectivity index (χ2v) is 5.66. The van der Waals surface area contributed by atoms with Gasteiger partial charge in [0.15, 0.2) is 11.5 Å². The number of hydrogen-bond donors (Lipinski definition) is 2. The third-order valence-electron chi connectivity index (χ3n) is 3.79. The normalized spacial score (nSPS) is 10.4. The lowest BCUT2D eigenvalue weighted by Gasteiger charge is -2.08. The maximum atomic E-state index is 13.6. The van der Waals surface area contributed by atoms with Gasteiger partial charge in [-0.1, -0.05) is 24.3 Å². The molecular formula is C19H16F2N4O. The summed E-state index contributed by atoms with van der Waals surface area (Å²) >= 11 is 0. The Hall–Kier alpha value is -3.35. The summed E-state index contributed by atoms with van der Waals surface area (Å²) in [5, 5.41) is 13.1. The average Bonchev–Trinajstić information content (AvgIpc) is 2.64. The van der Waals surface area contributed by atoms with Crippen LogP contribution in [0.2, 0.25) is 0 Å². The van der Waals surface area contributed by atoms with Crippen LogP contribution in [0, 0.1) is 18.6 Å². The van der Waals surface area contributed by atoms with Crippen LogP contribution in [-0.2, 0) is 6.54 Å². The molecule has 0 bridgehead atoms. The van der Waals surface area contributed by atoms with Crippen LogP contribution >= 0.6 is 0 Å². The second kappa shape index (κ2) is 7.69. The molecule has 1 aromatic heterocycles. The molecule has 7 heteroatoms. The first-order valence-corrected chi connectivity index (χ1v) is 7.91. The Morgan fingerprint density at radius 2 is 1.85 bits per heavy atom. The number of anilines is 2. The number of nitrogens with zero attached hydrogens (tertiary/aromatic N) is 2. The van der Waals surface area contributed by atoms with E-state index in [-0.39, 0.29) is 23.1 Å². The van der Waals surface area contributed by atoms with Gasteiger partial charge in [-0.25, -0.2) is 8.78 Å². The van der Waals surface area contributed by atoms with Gasteiger partial charge in [-0.2, -0.15) is 0 Å². The molecular weight excluding hydrogens is 338 g/mol. The van der Waals surface area contributed by atoms with Crippen LogP contribution in [0.3, 0.4) is 0 Å². The van der Waals surface area contributed by atoms with Crippen molar-refractivity contribution in [2.45, 2.75) is 13.5 Å². The third kappa shape index (κ3) is 4.18. The van der Waals surface area contributed by atoms with Crippen LogP contribution in [0.4, 0.5) is 20.3 Å². The number of carbonyl (C=O) groups excluding carboxylic acids is 1. The van der Waals surface area contributed by atoms with E-state index in [4.69, 9.17) is 0 Å². The molecule has 0 saturated carbocycles. The number of carbonyl (C=O) groups is 1. The standard InChI is InChI=1S/C19H16F2N4O/c1-12-4-2-3-5-13(12)11-22-19(26)17-8-9-18(25-24-17)23-16-7-6-14(20)10-15(16)21/h2-10H,11H2,1H3,(H,22,26)(H,23,25). The van der Waals surface area contributed by atoms with E-state index in [1.54, 1.807) is 0 Å². The molecule has 2 N–H and O–H groups in total. The Balaban J connectivity index is 1.63. The first kappa shape index (κ1) is 17.5. The van der Waals surface area contributed by atoms with E-state index in [1.165, 1.54) is 18.2 Å². The Bertz CT molecular complexity index is 929. The van der Waals surface area contributed by atoms with Crippen molar-refractivity contribution in [2.24, 2.45) is 0 Å². The predicted octanol–water partition coefficient (Wildman–Crippen LogP) is 3.74. The van der Waals surface area contributed by atoms with Gasteiger partial charge >= 0.3 is 0 Å². The van der Waals surface area contributed by atoms with Crippen molar-refractivity contribution in [1.29, 1.82) is 0 Å². The number of hydrogen-bond acceptors (Lipinski definition) is 4. The molecule has 0 spiro atoms. The van der Waals surface area contributed by atoms with E-state index in [1.807, 2.05) is 31.2 Å². The van der Waals surface area contributed by atoms with Crippen molar-refractivity contribution in [3.8, 4) is 0 Å². The topological polar surface area (TPSA) is 66.9 Å². The van der Waals surface area contributed by atoms with E-state index in [2.05, 4.69) is 20.8 Å². The Labute approximate surface area is 149 Å². The molecule has 0 unspecified atom stereocenters. The van der Waals surface area contributed by atoms with Gasteiger partial charge in [0.2, 0.25) is 0 Å². The molecule has 2 aromatic carbocycles.